The van der Waals surface area contributed by atoms with Crippen LogP contribution in [-0.2, 0) is 4.79 Å². The number of hydrogen-bond acceptors (Lipinski definition) is 4. The van der Waals surface area contributed by atoms with E-state index < -0.39 is 5.91 Å². The summed E-state index contributed by atoms with van der Waals surface area (Å²) in [5.74, 6) is -0.673. The summed E-state index contributed by atoms with van der Waals surface area (Å²) >= 11 is 5.90. The number of carbonyl (C=O) groups excluding carboxylic acids is 2. The number of aryl methyl sites for hydroxylation is 2. The van der Waals surface area contributed by atoms with Crippen LogP contribution in [-0.4, -0.2) is 17.6 Å². The van der Waals surface area contributed by atoms with E-state index in [0.29, 0.717) is 27.4 Å². The Morgan fingerprint density at radius 1 is 0.909 bits per heavy atom. The van der Waals surface area contributed by atoms with Crippen LogP contribution in [0.15, 0.2) is 77.3 Å². The van der Waals surface area contributed by atoms with Crippen LogP contribution in [0.4, 0.5) is 5.69 Å². The fraction of sp³-hybridized carbons (Fsp3) is 0.0769. The van der Waals surface area contributed by atoms with Crippen molar-refractivity contribution in [3.05, 3.63) is 105 Å². The molecule has 1 aliphatic rings. The van der Waals surface area contributed by atoms with E-state index in [0.717, 1.165) is 11.1 Å². The summed E-state index contributed by atoms with van der Waals surface area (Å²) in [4.78, 5) is 30.2. The molecule has 0 fully saturated rings. The molecule has 33 heavy (non-hydrogen) atoms. The molecule has 0 saturated carbocycles. The van der Waals surface area contributed by atoms with Crippen molar-refractivity contribution >= 4 is 40.6 Å². The number of amides is 2. The molecule has 0 aromatic heterocycles. The number of aliphatic imine (C=N–C) groups is 1. The van der Waals surface area contributed by atoms with Gasteiger partial charge < -0.3 is 10.6 Å². The van der Waals surface area contributed by atoms with Crippen LogP contribution in [0.25, 0.3) is 5.70 Å². The first kappa shape index (κ1) is 22.0. The van der Waals surface area contributed by atoms with Gasteiger partial charge in [-0.15, -0.1) is 0 Å². The maximum absolute atomic E-state index is 13.0. The fourth-order valence-corrected chi connectivity index (χ4v) is 3.77. The minimum atomic E-state index is -0.568. The second-order valence-corrected chi connectivity index (χ2v) is 8.07. The molecule has 1 aliphatic heterocycles. The third-order valence-electron chi connectivity index (χ3n) is 5.05. The largest absolute Gasteiger partial charge is 0.321 e. The molecule has 0 radical (unpaired) electrons. The lowest BCUT2D eigenvalue weighted by Gasteiger charge is -2.08. The van der Waals surface area contributed by atoms with Crippen LogP contribution in [0.2, 0.25) is 5.02 Å². The number of anilines is 1. The smallest absolute Gasteiger partial charge is 0.268 e. The Bertz CT molecular complexity index is 1360. The molecule has 6 nitrogen and oxygen atoms in total. The van der Waals surface area contributed by atoms with Crippen molar-refractivity contribution in [2.24, 2.45) is 4.99 Å². The van der Waals surface area contributed by atoms with Gasteiger partial charge >= 0.3 is 0 Å². The molecule has 4 rings (SSSR count). The fourth-order valence-electron chi connectivity index (χ4n) is 3.65. The van der Waals surface area contributed by atoms with E-state index in [-0.39, 0.29) is 23.0 Å². The number of nitrogens with zero attached hydrogens (tertiary/aromatic N) is 2. The molecule has 2 amide bonds. The summed E-state index contributed by atoms with van der Waals surface area (Å²) in [7, 11) is 0. The number of halogens is 1. The van der Waals surface area contributed by atoms with Gasteiger partial charge in [-0.25, -0.2) is 4.99 Å². The van der Waals surface area contributed by atoms with Crippen molar-refractivity contribution in [3.8, 4) is 6.07 Å². The highest BCUT2D eigenvalue weighted by atomic mass is 35.5. The Labute approximate surface area is 196 Å². The number of amidine groups is 1. The average Bonchev–Trinajstić information content (AvgIpc) is 3.12. The van der Waals surface area contributed by atoms with Gasteiger partial charge in [0.2, 0.25) is 0 Å². The lowest BCUT2D eigenvalue weighted by molar-refractivity contribution is -0.112. The zero-order chi connectivity index (χ0) is 23.5. The van der Waals surface area contributed by atoms with Crippen LogP contribution in [0.5, 0.6) is 0 Å². The highest BCUT2D eigenvalue weighted by Crippen LogP contribution is 2.31. The molecule has 1 heterocycles. The molecule has 2 N–H and O–H groups in total. The number of hydrogen-bond donors (Lipinski definition) is 2. The van der Waals surface area contributed by atoms with E-state index >= 15 is 0 Å². The zero-order valence-electron chi connectivity index (χ0n) is 17.9. The van der Waals surface area contributed by atoms with Gasteiger partial charge in [-0.2, -0.15) is 5.26 Å². The lowest BCUT2D eigenvalue weighted by atomic mass is 10.0. The molecule has 0 atom stereocenters. The van der Waals surface area contributed by atoms with Gasteiger partial charge in [-0.05, 0) is 61.4 Å². The van der Waals surface area contributed by atoms with E-state index in [1.807, 2.05) is 38.1 Å². The van der Waals surface area contributed by atoms with Crippen molar-refractivity contribution in [2.45, 2.75) is 13.8 Å². The molecule has 3 aromatic rings. The van der Waals surface area contributed by atoms with Gasteiger partial charge in [0.05, 0.1) is 5.70 Å². The zero-order valence-corrected chi connectivity index (χ0v) is 18.7. The van der Waals surface area contributed by atoms with Gasteiger partial charge in [-0.1, -0.05) is 41.9 Å². The monoisotopic (exact) mass is 454 g/mol. The predicted octanol–water partition coefficient (Wildman–Crippen LogP) is 5.02. The number of fused-ring (bicyclic) bond motifs is 1. The van der Waals surface area contributed by atoms with Gasteiger partial charge in [0.25, 0.3) is 11.8 Å². The van der Waals surface area contributed by atoms with Crippen LogP contribution < -0.4 is 10.6 Å². The van der Waals surface area contributed by atoms with Gasteiger partial charge in [0, 0.05) is 27.4 Å². The SMILES string of the molecule is Cc1cc(C)cc(NC(=O)C(C#N)=C2N=C(NC(=O)c3ccc(Cl)cc3)c3ccccc32)c1. The van der Waals surface area contributed by atoms with Crippen LogP contribution in [0.1, 0.15) is 32.6 Å². The standard InChI is InChI=1S/C26H19ClN4O2/c1-15-11-16(2)13-19(12-15)29-26(33)22(14-28)23-20-5-3-4-6-21(20)24(30-23)31-25(32)17-7-9-18(27)10-8-17/h3-13H,1-2H3,(H,29,33)(H,30,31,32). The maximum atomic E-state index is 13.0. The number of rotatable bonds is 3. The van der Waals surface area contributed by atoms with Crippen molar-refractivity contribution in [1.82, 2.24) is 5.32 Å². The molecule has 0 bridgehead atoms. The van der Waals surface area contributed by atoms with Gasteiger partial charge in [0.1, 0.15) is 17.5 Å². The third-order valence-corrected chi connectivity index (χ3v) is 5.31. The van der Waals surface area contributed by atoms with E-state index in [9.17, 15) is 14.9 Å². The highest BCUT2D eigenvalue weighted by Gasteiger charge is 2.27. The first-order chi connectivity index (χ1) is 15.9. The first-order valence-corrected chi connectivity index (χ1v) is 10.5. The van der Waals surface area contributed by atoms with E-state index in [1.54, 1.807) is 48.5 Å². The second kappa shape index (κ2) is 9.11. The molecule has 0 spiro atoms. The number of benzene rings is 3. The Balaban J connectivity index is 1.69. The Kier molecular flexibility index (Phi) is 6.07. The normalized spacial score (nSPS) is 13.5. The molecular formula is C26H19ClN4O2. The summed E-state index contributed by atoms with van der Waals surface area (Å²) < 4.78 is 0. The number of nitrogens with one attached hydrogen (secondary N) is 2. The molecule has 0 saturated heterocycles. The van der Waals surface area contributed by atoms with Crippen molar-refractivity contribution < 1.29 is 9.59 Å². The topological polar surface area (TPSA) is 94.3 Å². The summed E-state index contributed by atoms with van der Waals surface area (Å²) in [5.41, 5.74) is 4.28. The first-order valence-electron chi connectivity index (χ1n) is 10.1. The molecule has 3 aromatic carbocycles. The van der Waals surface area contributed by atoms with Gasteiger partial charge in [-0.3, -0.25) is 9.59 Å². The maximum Gasteiger partial charge on any atom is 0.268 e. The highest BCUT2D eigenvalue weighted by molar-refractivity contribution is 6.30. The van der Waals surface area contributed by atoms with Crippen molar-refractivity contribution in [1.29, 1.82) is 5.26 Å². The second-order valence-electron chi connectivity index (χ2n) is 7.63. The average molecular weight is 455 g/mol. The van der Waals surface area contributed by atoms with Crippen LogP contribution in [0.3, 0.4) is 0 Å². The van der Waals surface area contributed by atoms with Crippen LogP contribution in [0, 0.1) is 25.2 Å². The summed E-state index contributed by atoms with van der Waals surface area (Å²) in [6, 6.07) is 21.2. The Morgan fingerprint density at radius 2 is 1.55 bits per heavy atom. The Morgan fingerprint density at radius 3 is 2.18 bits per heavy atom. The van der Waals surface area contributed by atoms with Crippen molar-refractivity contribution in [3.63, 3.8) is 0 Å². The lowest BCUT2D eigenvalue weighted by Crippen LogP contribution is -2.30. The van der Waals surface area contributed by atoms with E-state index in [2.05, 4.69) is 15.6 Å². The quantitative estimate of drug-likeness (QED) is 0.429. The number of carbonyl (C=O) groups is 2. The van der Waals surface area contributed by atoms with E-state index in [4.69, 9.17) is 11.6 Å². The Hall–Kier alpha value is -4.21. The summed E-state index contributed by atoms with van der Waals surface area (Å²) in [6.07, 6.45) is 0. The third kappa shape index (κ3) is 4.69. The minimum Gasteiger partial charge on any atom is -0.321 e. The molecule has 0 unspecified atom stereocenters. The molecule has 0 aliphatic carbocycles. The van der Waals surface area contributed by atoms with Crippen molar-refractivity contribution in [2.75, 3.05) is 5.32 Å². The molecular weight excluding hydrogens is 436 g/mol. The van der Waals surface area contributed by atoms with Gasteiger partial charge in [0.15, 0.2) is 0 Å². The minimum absolute atomic E-state index is 0.141. The number of nitriles is 1. The predicted molar refractivity (Wildman–Crippen MR) is 129 cm³/mol. The molecule has 162 valence electrons. The molecule has 7 heteroatoms. The van der Waals surface area contributed by atoms with E-state index in [1.165, 1.54) is 0 Å². The summed E-state index contributed by atoms with van der Waals surface area (Å²) in [5, 5.41) is 15.9. The summed E-state index contributed by atoms with van der Waals surface area (Å²) in [6.45, 7) is 3.86. The van der Waals surface area contributed by atoms with Crippen LogP contribution >= 0.6 is 11.6 Å².